The molecular weight excluding hydrogens is 242 g/mol. The molecule has 1 aliphatic heterocycles. The van der Waals surface area contributed by atoms with Gasteiger partial charge in [0.25, 0.3) is 5.56 Å². The number of aryl methyl sites for hydroxylation is 1. The van der Waals surface area contributed by atoms with Gasteiger partial charge in [-0.05, 0) is 13.3 Å². The molecule has 2 rings (SSSR count). The Morgan fingerprint density at radius 2 is 2.41 bits per heavy atom. The Kier molecular flexibility index (Phi) is 3.69. The van der Waals surface area contributed by atoms with Crippen LogP contribution in [-0.2, 0) is 6.54 Å². The molecule has 0 saturated carbocycles. The maximum absolute atomic E-state index is 12.1. The summed E-state index contributed by atoms with van der Waals surface area (Å²) in [6.45, 7) is 4.03. The summed E-state index contributed by atoms with van der Waals surface area (Å²) in [5.41, 5.74) is -0.115. The summed E-state index contributed by atoms with van der Waals surface area (Å²) in [7, 11) is 0. The van der Waals surface area contributed by atoms with Crippen LogP contribution in [0, 0.1) is 5.92 Å². The third-order valence-corrected chi connectivity index (χ3v) is 3.29. The quantitative estimate of drug-likeness (QED) is 0.868. The average molecular weight is 258 g/mol. The van der Waals surface area contributed by atoms with E-state index in [1.807, 2.05) is 11.8 Å². The van der Waals surface area contributed by atoms with Crippen LogP contribution in [0.5, 0.6) is 0 Å². The van der Waals surface area contributed by atoms with Gasteiger partial charge in [0.15, 0.2) is 5.82 Å². The Hall–Kier alpha value is -1.07. The van der Waals surface area contributed by atoms with Gasteiger partial charge in [0.2, 0.25) is 0 Å². The number of rotatable bonds is 3. The van der Waals surface area contributed by atoms with E-state index >= 15 is 0 Å². The molecule has 1 aromatic heterocycles. The first-order chi connectivity index (χ1) is 8.15. The van der Waals surface area contributed by atoms with Crippen LogP contribution in [0.2, 0.25) is 5.15 Å². The van der Waals surface area contributed by atoms with Crippen LogP contribution in [0.3, 0.4) is 0 Å². The van der Waals surface area contributed by atoms with Gasteiger partial charge in [-0.15, -0.1) is 0 Å². The van der Waals surface area contributed by atoms with Crippen molar-refractivity contribution >= 4 is 17.4 Å². The third-order valence-electron chi connectivity index (χ3n) is 3.11. The van der Waals surface area contributed by atoms with Crippen LogP contribution in [-0.4, -0.2) is 34.4 Å². The molecule has 2 heterocycles. The summed E-state index contributed by atoms with van der Waals surface area (Å²) in [6.07, 6.45) is 2.43. The maximum Gasteiger partial charge on any atom is 0.293 e. The molecule has 6 heteroatoms. The molecule has 1 fully saturated rings. The molecule has 1 atom stereocenters. The number of aromatic nitrogens is 2. The number of halogens is 1. The van der Waals surface area contributed by atoms with Crippen molar-refractivity contribution in [2.45, 2.75) is 19.9 Å². The first-order valence-electron chi connectivity index (χ1n) is 5.78. The molecule has 0 aliphatic carbocycles. The Morgan fingerprint density at radius 1 is 1.65 bits per heavy atom. The number of nitrogens with zero attached hydrogens (tertiary/aromatic N) is 3. The molecular formula is C11H16ClN3O2. The molecule has 5 nitrogen and oxygen atoms in total. The van der Waals surface area contributed by atoms with E-state index < -0.39 is 0 Å². The standard InChI is InChI=1S/C11H16ClN3O2/c1-2-14-6-9(12)13-10(11(14)17)15-4-3-8(5-15)7-16/h6,8,16H,2-5,7H2,1H3/t8-/m1/s1. The van der Waals surface area contributed by atoms with Crippen molar-refractivity contribution in [2.75, 3.05) is 24.6 Å². The van der Waals surface area contributed by atoms with Gasteiger partial charge in [0, 0.05) is 38.4 Å². The maximum atomic E-state index is 12.1. The van der Waals surface area contributed by atoms with E-state index in [4.69, 9.17) is 16.7 Å². The zero-order valence-corrected chi connectivity index (χ0v) is 10.5. The SMILES string of the molecule is CCn1cc(Cl)nc(N2CC[C@@H](CO)C2)c1=O. The summed E-state index contributed by atoms with van der Waals surface area (Å²) in [5, 5.41) is 9.43. The first kappa shape index (κ1) is 12.4. The van der Waals surface area contributed by atoms with Gasteiger partial charge in [-0.25, -0.2) is 4.98 Å². The summed E-state index contributed by atoms with van der Waals surface area (Å²) in [4.78, 5) is 18.1. The van der Waals surface area contributed by atoms with Crippen LogP contribution in [0.1, 0.15) is 13.3 Å². The van der Waals surface area contributed by atoms with E-state index in [0.717, 1.165) is 13.0 Å². The second kappa shape index (κ2) is 5.06. The minimum absolute atomic E-state index is 0.115. The number of hydrogen-bond acceptors (Lipinski definition) is 4. The van der Waals surface area contributed by atoms with Gasteiger partial charge in [0.1, 0.15) is 5.15 Å². The predicted octanol–water partition coefficient (Wildman–Crippen LogP) is 0.735. The van der Waals surface area contributed by atoms with Crippen LogP contribution >= 0.6 is 11.6 Å². The second-order valence-corrected chi connectivity index (χ2v) is 4.65. The number of aliphatic hydroxyl groups excluding tert-OH is 1. The molecule has 1 N–H and O–H groups in total. The lowest BCUT2D eigenvalue weighted by atomic mass is 10.1. The van der Waals surface area contributed by atoms with E-state index in [1.54, 1.807) is 10.8 Å². The molecule has 1 aromatic rings. The molecule has 0 spiro atoms. The van der Waals surface area contributed by atoms with Crippen molar-refractivity contribution in [3.63, 3.8) is 0 Å². The minimum atomic E-state index is -0.115. The molecule has 0 radical (unpaired) electrons. The summed E-state index contributed by atoms with van der Waals surface area (Å²) in [5.74, 6) is 0.626. The van der Waals surface area contributed by atoms with Crippen molar-refractivity contribution in [2.24, 2.45) is 5.92 Å². The van der Waals surface area contributed by atoms with E-state index in [1.165, 1.54) is 0 Å². The fourth-order valence-electron chi connectivity index (χ4n) is 2.11. The lowest BCUT2D eigenvalue weighted by Crippen LogP contribution is -2.32. The monoisotopic (exact) mass is 257 g/mol. The Labute approximate surface area is 105 Å². The lowest BCUT2D eigenvalue weighted by molar-refractivity contribution is 0.238. The average Bonchev–Trinajstić information content (AvgIpc) is 2.80. The zero-order valence-electron chi connectivity index (χ0n) is 9.77. The van der Waals surface area contributed by atoms with Crippen molar-refractivity contribution < 1.29 is 5.11 Å². The van der Waals surface area contributed by atoms with E-state index in [-0.39, 0.29) is 18.1 Å². The fourth-order valence-corrected chi connectivity index (χ4v) is 2.31. The molecule has 94 valence electrons. The van der Waals surface area contributed by atoms with Gasteiger partial charge in [-0.1, -0.05) is 11.6 Å². The van der Waals surface area contributed by atoms with E-state index in [9.17, 15) is 4.79 Å². The van der Waals surface area contributed by atoms with Crippen LogP contribution in [0.15, 0.2) is 11.0 Å². The van der Waals surface area contributed by atoms with Gasteiger partial charge in [-0.3, -0.25) is 4.79 Å². The van der Waals surface area contributed by atoms with Crippen LogP contribution < -0.4 is 10.5 Å². The molecule has 1 saturated heterocycles. The van der Waals surface area contributed by atoms with Gasteiger partial charge >= 0.3 is 0 Å². The van der Waals surface area contributed by atoms with Crippen molar-refractivity contribution in [1.82, 2.24) is 9.55 Å². The normalized spacial score (nSPS) is 19.9. The van der Waals surface area contributed by atoms with Crippen molar-refractivity contribution in [3.05, 3.63) is 21.7 Å². The molecule has 17 heavy (non-hydrogen) atoms. The smallest absolute Gasteiger partial charge is 0.293 e. The van der Waals surface area contributed by atoms with Crippen LogP contribution in [0.4, 0.5) is 5.82 Å². The molecule has 0 amide bonds. The number of anilines is 1. The predicted molar refractivity (Wildman–Crippen MR) is 66.6 cm³/mol. The number of hydrogen-bond donors (Lipinski definition) is 1. The summed E-state index contributed by atoms with van der Waals surface area (Å²) in [6, 6.07) is 0. The fraction of sp³-hybridized carbons (Fsp3) is 0.636. The van der Waals surface area contributed by atoms with Gasteiger partial charge < -0.3 is 14.6 Å². The highest BCUT2D eigenvalue weighted by Crippen LogP contribution is 2.20. The Balaban J connectivity index is 2.33. The number of aliphatic hydroxyl groups is 1. The highest BCUT2D eigenvalue weighted by Gasteiger charge is 2.25. The minimum Gasteiger partial charge on any atom is -0.396 e. The molecule has 0 unspecified atom stereocenters. The zero-order chi connectivity index (χ0) is 12.4. The van der Waals surface area contributed by atoms with E-state index in [2.05, 4.69) is 4.98 Å². The largest absolute Gasteiger partial charge is 0.396 e. The summed E-state index contributed by atoms with van der Waals surface area (Å²) < 4.78 is 1.55. The van der Waals surface area contributed by atoms with Crippen molar-refractivity contribution in [3.8, 4) is 0 Å². The van der Waals surface area contributed by atoms with E-state index in [0.29, 0.717) is 24.1 Å². The van der Waals surface area contributed by atoms with Crippen molar-refractivity contribution in [1.29, 1.82) is 0 Å². The first-order valence-corrected chi connectivity index (χ1v) is 6.16. The molecule has 1 aliphatic rings. The highest BCUT2D eigenvalue weighted by molar-refractivity contribution is 6.29. The topological polar surface area (TPSA) is 58.4 Å². The molecule has 0 bridgehead atoms. The lowest BCUT2D eigenvalue weighted by Gasteiger charge is -2.17. The third kappa shape index (κ3) is 2.45. The summed E-state index contributed by atoms with van der Waals surface area (Å²) >= 11 is 5.90. The second-order valence-electron chi connectivity index (χ2n) is 4.26. The Bertz CT molecular complexity index is 461. The van der Waals surface area contributed by atoms with Crippen LogP contribution in [0.25, 0.3) is 0 Å². The van der Waals surface area contributed by atoms with Gasteiger partial charge in [0.05, 0.1) is 0 Å². The highest BCUT2D eigenvalue weighted by atomic mass is 35.5. The van der Waals surface area contributed by atoms with Gasteiger partial charge in [-0.2, -0.15) is 0 Å². The molecule has 0 aromatic carbocycles. The Morgan fingerprint density at radius 3 is 3.00 bits per heavy atom.